The Bertz CT molecular complexity index is 705. The number of carboxylic acids is 1. The summed E-state index contributed by atoms with van der Waals surface area (Å²) in [6.07, 6.45) is 0. The van der Waals surface area contributed by atoms with Crippen molar-refractivity contribution in [1.29, 1.82) is 0 Å². The van der Waals surface area contributed by atoms with Gasteiger partial charge in [0.05, 0.1) is 5.52 Å². The number of hydrogen-bond acceptors (Lipinski definition) is 3. The number of nitrogens with zero attached hydrogens (tertiary/aromatic N) is 1. The lowest BCUT2D eigenvalue weighted by Gasteiger charge is -2.11. The summed E-state index contributed by atoms with van der Waals surface area (Å²) in [5, 5.41) is 18.7. The van der Waals surface area contributed by atoms with Gasteiger partial charge in [-0.3, -0.25) is 4.79 Å². The van der Waals surface area contributed by atoms with Crippen LogP contribution in [0.2, 0.25) is 0 Å². The zero-order valence-corrected chi connectivity index (χ0v) is 9.48. The minimum Gasteiger partial charge on any atom is -0.506 e. The van der Waals surface area contributed by atoms with Crippen LogP contribution >= 0.6 is 0 Å². The van der Waals surface area contributed by atoms with Crippen LogP contribution in [-0.2, 0) is 6.54 Å². The van der Waals surface area contributed by atoms with E-state index in [2.05, 4.69) is 0 Å². The van der Waals surface area contributed by atoms with Gasteiger partial charge in [0.25, 0.3) is 5.56 Å². The second-order valence-corrected chi connectivity index (χ2v) is 3.74. The smallest absolute Gasteiger partial charge is 0.345 e. The maximum atomic E-state index is 13.1. The van der Waals surface area contributed by atoms with Crippen LogP contribution in [0.4, 0.5) is 4.39 Å². The Balaban J connectivity index is 3.06. The molecule has 0 saturated carbocycles. The molecule has 2 rings (SSSR count). The third-order valence-corrected chi connectivity index (χ3v) is 2.73. The molecule has 0 saturated heterocycles. The van der Waals surface area contributed by atoms with Crippen LogP contribution in [0.25, 0.3) is 10.9 Å². The van der Waals surface area contributed by atoms with E-state index < -0.39 is 28.7 Å². The van der Waals surface area contributed by atoms with Gasteiger partial charge in [0, 0.05) is 11.9 Å². The monoisotopic (exact) mass is 251 g/mol. The van der Waals surface area contributed by atoms with Gasteiger partial charge in [-0.15, -0.1) is 0 Å². The zero-order valence-electron chi connectivity index (χ0n) is 9.48. The van der Waals surface area contributed by atoms with Gasteiger partial charge in [0.1, 0.15) is 11.6 Å². The van der Waals surface area contributed by atoms with E-state index in [4.69, 9.17) is 5.11 Å². The van der Waals surface area contributed by atoms with E-state index in [0.29, 0.717) is 5.52 Å². The Morgan fingerprint density at radius 3 is 2.67 bits per heavy atom. The summed E-state index contributed by atoms with van der Waals surface area (Å²) in [7, 11) is 0. The van der Waals surface area contributed by atoms with Crippen LogP contribution < -0.4 is 5.56 Å². The molecule has 2 N–H and O–H groups in total. The van der Waals surface area contributed by atoms with E-state index >= 15 is 0 Å². The molecular formula is C12H10FNO4. The standard InChI is InChI=1S/C12H10FNO4/c1-2-14-8-4-3-6(13)5-7(8)10(15)9(11(14)16)12(17)18/h3-5,15H,2H2,1H3,(H,17,18). The van der Waals surface area contributed by atoms with Crippen molar-refractivity contribution in [3.05, 3.63) is 39.9 Å². The van der Waals surface area contributed by atoms with Crippen LogP contribution in [-0.4, -0.2) is 20.7 Å². The molecule has 1 aromatic heterocycles. The van der Waals surface area contributed by atoms with Crippen LogP contribution in [0.1, 0.15) is 17.3 Å². The summed E-state index contributed by atoms with van der Waals surface area (Å²) in [5.41, 5.74) is -1.25. The van der Waals surface area contributed by atoms with Crippen LogP contribution in [0, 0.1) is 5.82 Å². The van der Waals surface area contributed by atoms with E-state index in [1.165, 1.54) is 10.6 Å². The first kappa shape index (κ1) is 12.1. The third-order valence-electron chi connectivity index (χ3n) is 2.73. The Kier molecular flexibility index (Phi) is 2.78. The molecule has 18 heavy (non-hydrogen) atoms. The lowest BCUT2D eigenvalue weighted by Crippen LogP contribution is -2.26. The van der Waals surface area contributed by atoms with Gasteiger partial charge >= 0.3 is 5.97 Å². The summed E-state index contributed by atoms with van der Waals surface area (Å²) in [6, 6.07) is 3.48. The number of benzene rings is 1. The first-order valence-corrected chi connectivity index (χ1v) is 5.25. The molecule has 0 amide bonds. The highest BCUT2D eigenvalue weighted by atomic mass is 19.1. The summed E-state index contributed by atoms with van der Waals surface area (Å²) in [4.78, 5) is 22.9. The number of halogens is 1. The Labute approximate surface area is 101 Å². The van der Waals surface area contributed by atoms with Crippen LogP contribution in [0.5, 0.6) is 5.75 Å². The van der Waals surface area contributed by atoms with Crippen molar-refractivity contribution >= 4 is 16.9 Å². The Morgan fingerprint density at radius 1 is 1.44 bits per heavy atom. The quantitative estimate of drug-likeness (QED) is 0.848. The molecule has 6 heteroatoms. The number of aryl methyl sites for hydroxylation is 1. The molecule has 1 aromatic carbocycles. The van der Waals surface area contributed by atoms with Crippen LogP contribution in [0.3, 0.4) is 0 Å². The van der Waals surface area contributed by atoms with Crippen molar-refractivity contribution < 1.29 is 19.4 Å². The SMILES string of the molecule is CCn1c(=O)c(C(=O)O)c(O)c2cc(F)ccc21. The number of hydrogen-bond donors (Lipinski definition) is 2. The molecular weight excluding hydrogens is 241 g/mol. The third kappa shape index (κ3) is 1.62. The molecule has 0 aliphatic rings. The van der Waals surface area contributed by atoms with Gasteiger partial charge in [-0.05, 0) is 25.1 Å². The summed E-state index contributed by atoms with van der Waals surface area (Å²) in [6.45, 7) is 1.88. The maximum Gasteiger partial charge on any atom is 0.345 e. The van der Waals surface area contributed by atoms with Crippen molar-refractivity contribution in [3.63, 3.8) is 0 Å². The summed E-state index contributed by atoms with van der Waals surface area (Å²) >= 11 is 0. The molecule has 0 radical (unpaired) electrons. The van der Waals surface area contributed by atoms with Crippen molar-refractivity contribution in [2.75, 3.05) is 0 Å². The lowest BCUT2D eigenvalue weighted by molar-refractivity contribution is 0.0691. The van der Waals surface area contributed by atoms with E-state index in [1.54, 1.807) is 6.92 Å². The topological polar surface area (TPSA) is 79.5 Å². The number of aromatic carboxylic acids is 1. The highest BCUT2D eigenvalue weighted by Crippen LogP contribution is 2.27. The van der Waals surface area contributed by atoms with Gasteiger partial charge in [-0.1, -0.05) is 0 Å². The lowest BCUT2D eigenvalue weighted by atomic mass is 10.1. The fourth-order valence-corrected chi connectivity index (χ4v) is 1.92. The molecule has 0 fully saturated rings. The van der Waals surface area contributed by atoms with Gasteiger partial charge in [0.2, 0.25) is 0 Å². The average Bonchev–Trinajstić information content (AvgIpc) is 2.30. The number of carboxylic acid groups (broad SMARTS) is 1. The molecule has 1 heterocycles. The molecule has 94 valence electrons. The fraction of sp³-hybridized carbons (Fsp3) is 0.167. The van der Waals surface area contributed by atoms with E-state index in [-0.39, 0.29) is 11.9 Å². The van der Waals surface area contributed by atoms with Crippen molar-refractivity contribution in [2.24, 2.45) is 0 Å². The predicted molar refractivity (Wildman–Crippen MR) is 62.5 cm³/mol. The van der Waals surface area contributed by atoms with Crippen molar-refractivity contribution in [1.82, 2.24) is 4.57 Å². The molecule has 0 spiro atoms. The largest absolute Gasteiger partial charge is 0.506 e. The first-order valence-electron chi connectivity index (χ1n) is 5.25. The molecule has 2 aromatic rings. The summed E-state index contributed by atoms with van der Waals surface area (Å²) < 4.78 is 14.3. The number of carbonyl (C=O) groups is 1. The number of pyridine rings is 1. The van der Waals surface area contributed by atoms with Gasteiger partial charge in [-0.2, -0.15) is 0 Å². The van der Waals surface area contributed by atoms with E-state index in [1.807, 2.05) is 0 Å². The fourth-order valence-electron chi connectivity index (χ4n) is 1.92. The molecule has 0 aliphatic heterocycles. The minimum atomic E-state index is -1.54. The first-order chi connectivity index (χ1) is 8.47. The Hall–Kier alpha value is -2.37. The van der Waals surface area contributed by atoms with E-state index in [9.17, 15) is 19.1 Å². The molecule has 0 unspecified atom stereocenters. The normalized spacial score (nSPS) is 10.8. The zero-order chi connectivity index (χ0) is 13.4. The van der Waals surface area contributed by atoms with Gasteiger partial charge in [0.15, 0.2) is 5.56 Å². The number of aromatic nitrogens is 1. The highest BCUT2D eigenvalue weighted by Gasteiger charge is 2.21. The number of fused-ring (bicyclic) bond motifs is 1. The number of rotatable bonds is 2. The maximum absolute atomic E-state index is 13.1. The second kappa shape index (κ2) is 4.14. The van der Waals surface area contributed by atoms with Gasteiger partial charge in [-0.25, -0.2) is 9.18 Å². The van der Waals surface area contributed by atoms with Gasteiger partial charge < -0.3 is 14.8 Å². The van der Waals surface area contributed by atoms with Crippen LogP contribution in [0.15, 0.2) is 23.0 Å². The predicted octanol–water partition coefficient (Wildman–Crippen LogP) is 1.56. The Morgan fingerprint density at radius 2 is 2.11 bits per heavy atom. The summed E-state index contributed by atoms with van der Waals surface area (Å²) in [5.74, 6) is -2.85. The molecule has 0 aliphatic carbocycles. The molecule has 0 atom stereocenters. The van der Waals surface area contributed by atoms with E-state index in [0.717, 1.165) is 12.1 Å². The molecule has 0 bridgehead atoms. The average molecular weight is 251 g/mol. The molecule has 5 nitrogen and oxygen atoms in total. The number of aromatic hydroxyl groups is 1. The van der Waals surface area contributed by atoms with Crippen molar-refractivity contribution in [2.45, 2.75) is 13.5 Å². The van der Waals surface area contributed by atoms with Crippen molar-refractivity contribution in [3.8, 4) is 5.75 Å². The highest BCUT2D eigenvalue weighted by molar-refractivity contribution is 5.98. The minimum absolute atomic E-state index is 0.00819. The second-order valence-electron chi connectivity index (χ2n) is 3.74.